The molecular weight excluding hydrogens is 218 g/mol. The molecule has 0 amide bonds. The van der Waals surface area contributed by atoms with Crippen LogP contribution in [-0.4, -0.2) is 9.78 Å². The van der Waals surface area contributed by atoms with Gasteiger partial charge in [0.2, 0.25) is 0 Å². The average Bonchev–Trinajstić information content (AvgIpc) is 2.88. The molecule has 0 fully saturated rings. The number of nitrogens with two attached hydrogens (primary N) is 1. The lowest BCUT2D eigenvalue weighted by molar-refractivity contribution is 0.639. The zero-order chi connectivity index (χ0) is 11.5. The lowest BCUT2D eigenvalue weighted by atomic mass is 10.1. The van der Waals surface area contributed by atoms with E-state index in [0.29, 0.717) is 0 Å². The number of aromatic nitrogens is 2. The van der Waals surface area contributed by atoms with Gasteiger partial charge in [0.25, 0.3) is 0 Å². The van der Waals surface area contributed by atoms with Gasteiger partial charge in [-0.2, -0.15) is 16.4 Å². The largest absolute Gasteiger partial charge is 0.324 e. The molecule has 0 aliphatic rings. The molecule has 16 heavy (non-hydrogen) atoms. The van der Waals surface area contributed by atoms with Crippen LogP contribution >= 0.6 is 11.3 Å². The monoisotopic (exact) mass is 235 g/mol. The highest BCUT2D eigenvalue weighted by Crippen LogP contribution is 2.18. The number of aryl methyl sites for hydroxylation is 2. The van der Waals surface area contributed by atoms with Crippen molar-refractivity contribution in [2.24, 2.45) is 12.8 Å². The van der Waals surface area contributed by atoms with Crippen molar-refractivity contribution in [3.8, 4) is 0 Å². The fourth-order valence-corrected chi connectivity index (χ4v) is 2.49. The summed E-state index contributed by atoms with van der Waals surface area (Å²) in [6, 6.07) is 4.31. The van der Waals surface area contributed by atoms with Crippen molar-refractivity contribution >= 4 is 11.3 Å². The Bertz CT molecular complexity index is 445. The summed E-state index contributed by atoms with van der Waals surface area (Å²) in [6.07, 6.45) is 1.82. The molecule has 1 unspecified atom stereocenters. The first-order valence-electron chi connectivity index (χ1n) is 5.50. The Morgan fingerprint density at radius 1 is 1.56 bits per heavy atom. The lowest BCUT2D eigenvalue weighted by Crippen LogP contribution is -2.14. The molecule has 0 saturated carbocycles. The van der Waals surface area contributed by atoms with Crippen LogP contribution in [0.1, 0.15) is 29.9 Å². The molecule has 0 aromatic carbocycles. The smallest absolute Gasteiger partial charge is 0.0624 e. The first-order valence-corrected chi connectivity index (χ1v) is 6.44. The van der Waals surface area contributed by atoms with Crippen LogP contribution in [0, 0.1) is 0 Å². The van der Waals surface area contributed by atoms with Crippen molar-refractivity contribution in [3.05, 3.63) is 39.8 Å². The second-order valence-corrected chi connectivity index (χ2v) is 4.75. The van der Waals surface area contributed by atoms with E-state index in [1.54, 1.807) is 11.3 Å². The van der Waals surface area contributed by atoms with Crippen LogP contribution < -0.4 is 5.73 Å². The zero-order valence-electron chi connectivity index (χ0n) is 9.68. The van der Waals surface area contributed by atoms with E-state index in [9.17, 15) is 0 Å². The second kappa shape index (κ2) is 4.80. The van der Waals surface area contributed by atoms with Crippen molar-refractivity contribution in [2.45, 2.75) is 25.8 Å². The van der Waals surface area contributed by atoms with Crippen LogP contribution in [0.3, 0.4) is 0 Å². The Kier molecular flexibility index (Phi) is 3.41. The van der Waals surface area contributed by atoms with Gasteiger partial charge in [-0.15, -0.1) is 0 Å². The Morgan fingerprint density at radius 2 is 2.38 bits per heavy atom. The van der Waals surface area contributed by atoms with Gasteiger partial charge in [0.05, 0.1) is 5.69 Å². The van der Waals surface area contributed by atoms with Crippen LogP contribution in [0.4, 0.5) is 0 Å². The number of rotatable bonds is 4. The van der Waals surface area contributed by atoms with E-state index in [4.69, 9.17) is 5.73 Å². The Balaban J connectivity index is 2.11. The summed E-state index contributed by atoms with van der Waals surface area (Å²) in [4.78, 5) is 0. The summed E-state index contributed by atoms with van der Waals surface area (Å²) >= 11 is 1.69. The Morgan fingerprint density at radius 3 is 2.94 bits per heavy atom. The molecule has 0 aliphatic heterocycles. The molecule has 0 saturated heterocycles. The predicted molar refractivity (Wildman–Crippen MR) is 67.5 cm³/mol. The van der Waals surface area contributed by atoms with Crippen molar-refractivity contribution < 1.29 is 0 Å². The van der Waals surface area contributed by atoms with Gasteiger partial charge in [0, 0.05) is 25.2 Å². The lowest BCUT2D eigenvalue weighted by Gasteiger charge is -2.09. The molecule has 3 nitrogen and oxygen atoms in total. The SMILES string of the molecule is CCc1cc(CC(N)c2ccsc2)n(C)n1. The van der Waals surface area contributed by atoms with Crippen molar-refractivity contribution in [1.29, 1.82) is 0 Å². The maximum absolute atomic E-state index is 6.16. The molecule has 0 bridgehead atoms. The van der Waals surface area contributed by atoms with E-state index in [1.807, 2.05) is 11.7 Å². The van der Waals surface area contributed by atoms with E-state index in [0.717, 1.165) is 18.5 Å². The number of hydrogen-bond acceptors (Lipinski definition) is 3. The van der Waals surface area contributed by atoms with E-state index >= 15 is 0 Å². The van der Waals surface area contributed by atoms with Gasteiger partial charge in [-0.25, -0.2) is 0 Å². The van der Waals surface area contributed by atoms with Crippen molar-refractivity contribution in [3.63, 3.8) is 0 Å². The van der Waals surface area contributed by atoms with Crippen molar-refractivity contribution in [2.75, 3.05) is 0 Å². The van der Waals surface area contributed by atoms with Crippen molar-refractivity contribution in [1.82, 2.24) is 9.78 Å². The summed E-state index contributed by atoms with van der Waals surface area (Å²) in [7, 11) is 1.98. The third-order valence-corrected chi connectivity index (χ3v) is 3.49. The molecule has 2 aromatic heterocycles. The molecule has 2 N–H and O–H groups in total. The first kappa shape index (κ1) is 11.4. The minimum atomic E-state index is 0.0753. The van der Waals surface area contributed by atoms with Crippen LogP contribution in [-0.2, 0) is 19.9 Å². The Labute approximate surface area is 99.9 Å². The summed E-state index contributed by atoms with van der Waals surface area (Å²) in [5.74, 6) is 0. The van der Waals surface area contributed by atoms with Crippen LogP contribution in [0.15, 0.2) is 22.9 Å². The van der Waals surface area contributed by atoms with Gasteiger partial charge in [-0.05, 0) is 34.9 Å². The zero-order valence-corrected chi connectivity index (χ0v) is 10.5. The second-order valence-electron chi connectivity index (χ2n) is 3.97. The first-order chi connectivity index (χ1) is 7.70. The van der Waals surface area contributed by atoms with Gasteiger partial charge in [-0.3, -0.25) is 4.68 Å². The quantitative estimate of drug-likeness (QED) is 0.883. The topological polar surface area (TPSA) is 43.8 Å². The minimum absolute atomic E-state index is 0.0753. The number of thiophene rings is 1. The number of nitrogens with zero attached hydrogens (tertiary/aromatic N) is 2. The molecule has 4 heteroatoms. The van der Waals surface area contributed by atoms with E-state index in [-0.39, 0.29) is 6.04 Å². The van der Waals surface area contributed by atoms with Crippen LogP contribution in [0.5, 0.6) is 0 Å². The average molecular weight is 235 g/mol. The molecule has 2 aromatic rings. The summed E-state index contributed by atoms with van der Waals surface area (Å²) in [6.45, 7) is 2.12. The van der Waals surface area contributed by atoms with Crippen LogP contribution in [0.2, 0.25) is 0 Å². The van der Waals surface area contributed by atoms with Gasteiger partial charge >= 0.3 is 0 Å². The molecule has 1 atom stereocenters. The molecule has 0 spiro atoms. The molecule has 2 heterocycles. The van der Waals surface area contributed by atoms with E-state index < -0.39 is 0 Å². The molecular formula is C12H17N3S. The summed E-state index contributed by atoms with van der Waals surface area (Å²) in [5, 5.41) is 8.61. The van der Waals surface area contributed by atoms with E-state index in [2.05, 4.69) is 34.9 Å². The van der Waals surface area contributed by atoms with Gasteiger partial charge in [-0.1, -0.05) is 6.92 Å². The highest BCUT2D eigenvalue weighted by molar-refractivity contribution is 7.07. The minimum Gasteiger partial charge on any atom is -0.324 e. The fraction of sp³-hybridized carbons (Fsp3) is 0.417. The molecule has 0 radical (unpaired) electrons. The predicted octanol–water partition coefficient (Wildman–Crippen LogP) is 2.29. The van der Waals surface area contributed by atoms with Gasteiger partial charge in [0.1, 0.15) is 0 Å². The normalized spacial score (nSPS) is 12.9. The van der Waals surface area contributed by atoms with Gasteiger partial charge < -0.3 is 5.73 Å². The Hall–Kier alpha value is -1.13. The number of hydrogen-bond donors (Lipinski definition) is 1. The van der Waals surface area contributed by atoms with Crippen LogP contribution in [0.25, 0.3) is 0 Å². The van der Waals surface area contributed by atoms with E-state index in [1.165, 1.54) is 11.3 Å². The molecule has 2 rings (SSSR count). The van der Waals surface area contributed by atoms with Gasteiger partial charge in [0.15, 0.2) is 0 Å². The fourth-order valence-electron chi connectivity index (χ4n) is 1.76. The summed E-state index contributed by atoms with van der Waals surface area (Å²) < 4.78 is 1.94. The standard InChI is InChI=1S/C12H17N3S/c1-3-10-6-11(15(2)14-10)7-12(13)9-4-5-16-8-9/h4-6,8,12H,3,7,13H2,1-2H3. The maximum atomic E-state index is 6.16. The molecule has 86 valence electrons. The maximum Gasteiger partial charge on any atom is 0.0624 e. The highest BCUT2D eigenvalue weighted by atomic mass is 32.1. The highest BCUT2D eigenvalue weighted by Gasteiger charge is 2.11. The third kappa shape index (κ3) is 2.33. The third-order valence-electron chi connectivity index (χ3n) is 2.79. The molecule has 0 aliphatic carbocycles. The summed E-state index contributed by atoms with van der Waals surface area (Å²) in [5.41, 5.74) is 9.71.